The Morgan fingerprint density at radius 2 is 2.20 bits per heavy atom. The second kappa shape index (κ2) is 6.65. The van der Waals surface area contributed by atoms with Crippen LogP contribution in [0, 0.1) is 0 Å². The van der Waals surface area contributed by atoms with Crippen molar-refractivity contribution in [2.24, 2.45) is 0 Å². The van der Waals surface area contributed by atoms with Crippen LogP contribution in [0.4, 0.5) is 9.93 Å². The molecule has 0 spiro atoms. The van der Waals surface area contributed by atoms with Gasteiger partial charge in [-0.1, -0.05) is 31.1 Å². The third kappa shape index (κ3) is 3.44. The number of aliphatic carboxylic acids is 1. The smallest absolute Gasteiger partial charge is 0.326 e. The summed E-state index contributed by atoms with van der Waals surface area (Å²) in [6.45, 7) is 2.42. The highest BCUT2D eigenvalue weighted by atomic mass is 32.1. The highest BCUT2D eigenvalue weighted by Crippen LogP contribution is 2.20. The molecule has 0 bridgehead atoms. The molecule has 2 amide bonds. The number of aryl methyl sites for hydroxylation is 1. The third-order valence-electron chi connectivity index (χ3n) is 3.28. The van der Waals surface area contributed by atoms with Crippen molar-refractivity contribution >= 4 is 28.5 Å². The lowest BCUT2D eigenvalue weighted by Gasteiger charge is -2.26. The molecule has 0 aliphatic carbocycles. The van der Waals surface area contributed by atoms with Crippen molar-refractivity contribution in [3.05, 3.63) is 5.01 Å². The van der Waals surface area contributed by atoms with Gasteiger partial charge in [-0.25, -0.2) is 9.59 Å². The van der Waals surface area contributed by atoms with Crippen LogP contribution < -0.4 is 5.32 Å². The molecule has 0 radical (unpaired) electrons. The second-order valence-electron chi connectivity index (χ2n) is 4.68. The van der Waals surface area contributed by atoms with Gasteiger partial charge in [0, 0.05) is 6.54 Å². The predicted octanol–water partition coefficient (Wildman–Crippen LogP) is 1.96. The summed E-state index contributed by atoms with van der Waals surface area (Å²) >= 11 is 1.31. The zero-order chi connectivity index (χ0) is 14.5. The first-order chi connectivity index (χ1) is 9.61. The number of carbonyl (C=O) groups is 2. The van der Waals surface area contributed by atoms with Crippen LogP contribution in [0.1, 0.15) is 37.6 Å². The molecule has 0 aromatic carbocycles. The maximum atomic E-state index is 12.2. The average Bonchev–Trinajstić information content (AvgIpc) is 2.72. The Labute approximate surface area is 121 Å². The Balaban J connectivity index is 2.06. The number of urea groups is 1. The fourth-order valence-electron chi connectivity index (χ4n) is 2.22. The fraction of sp³-hybridized carbons (Fsp3) is 0.667. The lowest BCUT2D eigenvalue weighted by molar-refractivity contribution is -0.142. The summed E-state index contributed by atoms with van der Waals surface area (Å²) in [5.74, 6) is -0.950. The maximum absolute atomic E-state index is 12.2. The number of carboxylic acid groups (broad SMARTS) is 1. The first kappa shape index (κ1) is 14.7. The first-order valence-electron chi connectivity index (χ1n) is 6.74. The number of hydrogen-bond acceptors (Lipinski definition) is 5. The molecule has 8 heteroatoms. The Morgan fingerprint density at radius 3 is 2.85 bits per heavy atom. The summed E-state index contributed by atoms with van der Waals surface area (Å²) in [6, 6.07) is -1.16. The second-order valence-corrected chi connectivity index (χ2v) is 5.74. The molecular formula is C12H18N4O3S. The molecule has 1 fully saturated rings. The summed E-state index contributed by atoms with van der Waals surface area (Å²) in [5, 5.41) is 20.9. The molecule has 7 nitrogen and oxygen atoms in total. The molecule has 0 saturated carbocycles. The summed E-state index contributed by atoms with van der Waals surface area (Å²) < 4.78 is 0. The summed E-state index contributed by atoms with van der Waals surface area (Å²) in [5.41, 5.74) is 0. The van der Waals surface area contributed by atoms with Gasteiger partial charge < -0.3 is 10.0 Å². The minimum absolute atomic E-state index is 0.405. The Bertz CT molecular complexity index is 491. The van der Waals surface area contributed by atoms with Crippen LogP contribution >= 0.6 is 11.3 Å². The molecule has 1 saturated heterocycles. The van der Waals surface area contributed by atoms with E-state index in [4.69, 9.17) is 0 Å². The van der Waals surface area contributed by atoms with Crippen molar-refractivity contribution in [3.8, 4) is 0 Å². The number of amides is 2. The van der Waals surface area contributed by atoms with Crippen LogP contribution in [0.25, 0.3) is 0 Å². The van der Waals surface area contributed by atoms with Gasteiger partial charge in [-0.15, -0.1) is 10.2 Å². The van der Waals surface area contributed by atoms with Crippen molar-refractivity contribution < 1.29 is 14.7 Å². The van der Waals surface area contributed by atoms with E-state index in [1.165, 1.54) is 16.2 Å². The molecule has 1 atom stereocenters. The summed E-state index contributed by atoms with van der Waals surface area (Å²) in [6.07, 6.45) is 3.87. The van der Waals surface area contributed by atoms with Crippen LogP contribution in [0.2, 0.25) is 0 Å². The minimum Gasteiger partial charge on any atom is -0.480 e. The Hall–Kier alpha value is -1.70. The molecule has 1 aliphatic rings. The van der Waals surface area contributed by atoms with E-state index in [0.29, 0.717) is 18.1 Å². The zero-order valence-electron chi connectivity index (χ0n) is 11.3. The number of carbonyl (C=O) groups excluding carboxylic acids is 1. The highest BCUT2D eigenvalue weighted by Gasteiger charge is 2.31. The van der Waals surface area contributed by atoms with Crippen molar-refractivity contribution in [1.29, 1.82) is 0 Å². The van der Waals surface area contributed by atoms with Gasteiger partial charge >= 0.3 is 12.0 Å². The fourth-order valence-corrected chi connectivity index (χ4v) is 2.89. The minimum atomic E-state index is -0.950. The van der Waals surface area contributed by atoms with Gasteiger partial charge in [0.1, 0.15) is 11.0 Å². The summed E-state index contributed by atoms with van der Waals surface area (Å²) in [4.78, 5) is 24.9. The normalized spacial score (nSPS) is 19.4. The lowest BCUT2D eigenvalue weighted by atomic mass is 10.1. The maximum Gasteiger partial charge on any atom is 0.326 e. The average molecular weight is 298 g/mol. The highest BCUT2D eigenvalue weighted by molar-refractivity contribution is 7.15. The van der Waals surface area contributed by atoms with Crippen molar-refractivity contribution in [2.45, 2.75) is 45.1 Å². The van der Waals surface area contributed by atoms with Gasteiger partial charge in [-0.05, 0) is 19.3 Å². The predicted molar refractivity (Wildman–Crippen MR) is 74.9 cm³/mol. The van der Waals surface area contributed by atoms with Gasteiger partial charge in [0.15, 0.2) is 0 Å². The number of carboxylic acids is 1. The summed E-state index contributed by atoms with van der Waals surface area (Å²) in [7, 11) is 0. The number of hydrogen-bond donors (Lipinski definition) is 2. The van der Waals surface area contributed by atoms with Crippen LogP contribution in [0.5, 0.6) is 0 Å². The SMILES string of the molecule is CCc1nnc(NC(=O)N2CCCCCC2C(=O)O)s1. The van der Waals surface area contributed by atoms with Crippen molar-refractivity contribution in [3.63, 3.8) is 0 Å². The van der Waals surface area contributed by atoms with E-state index in [0.717, 1.165) is 30.7 Å². The molecule has 1 aromatic rings. The Kier molecular flexibility index (Phi) is 4.89. The number of nitrogens with zero attached hydrogens (tertiary/aromatic N) is 3. The lowest BCUT2D eigenvalue weighted by Crippen LogP contribution is -2.46. The van der Waals surface area contributed by atoms with E-state index in [-0.39, 0.29) is 0 Å². The molecule has 1 aliphatic heterocycles. The van der Waals surface area contributed by atoms with Crippen molar-refractivity contribution in [1.82, 2.24) is 15.1 Å². The van der Waals surface area contributed by atoms with E-state index in [9.17, 15) is 14.7 Å². The topological polar surface area (TPSA) is 95.4 Å². The molecule has 1 unspecified atom stereocenters. The number of rotatable bonds is 3. The molecule has 2 N–H and O–H groups in total. The number of nitrogens with one attached hydrogen (secondary N) is 1. The standard InChI is InChI=1S/C12H18N4O3S/c1-2-9-14-15-11(20-9)13-12(19)16-7-5-3-4-6-8(16)10(17)18/h8H,2-7H2,1H3,(H,17,18)(H,13,15,19). The largest absolute Gasteiger partial charge is 0.480 e. The van der Waals surface area contributed by atoms with E-state index in [2.05, 4.69) is 15.5 Å². The first-order valence-corrected chi connectivity index (χ1v) is 7.56. The number of anilines is 1. The molecule has 1 aromatic heterocycles. The zero-order valence-corrected chi connectivity index (χ0v) is 12.2. The molecule has 20 heavy (non-hydrogen) atoms. The van der Waals surface area contributed by atoms with E-state index >= 15 is 0 Å². The Morgan fingerprint density at radius 1 is 1.40 bits per heavy atom. The van der Waals surface area contributed by atoms with Gasteiger partial charge in [-0.2, -0.15) is 0 Å². The van der Waals surface area contributed by atoms with Gasteiger partial charge in [-0.3, -0.25) is 5.32 Å². The van der Waals surface area contributed by atoms with Gasteiger partial charge in [0.2, 0.25) is 5.13 Å². The van der Waals surface area contributed by atoms with E-state index < -0.39 is 18.0 Å². The number of likely N-dealkylation sites (tertiary alicyclic amines) is 1. The molecule has 2 rings (SSSR count). The molecular weight excluding hydrogens is 280 g/mol. The van der Waals surface area contributed by atoms with E-state index in [1.807, 2.05) is 6.92 Å². The monoisotopic (exact) mass is 298 g/mol. The van der Waals surface area contributed by atoms with Crippen LogP contribution in [-0.2, 0) is 11.2 Å². The van der Waals surface area contributed by atoms with E-state index in [1.54, 1.807) is 0 Å². The third-order valence-corrected chi connectivity index (χ3v) is 4.26. The van der Waals surface area contributed by atoms with Crippen LogP contribution in [0.15, 0.2) is 0 Å². The van der Waals surface area contributed by atoms with Crippen LogP contribution in [-0.4, -0.2) is 44.8 Å². The molecule has 110 valence electrons. The molecule has 2 heterocycles. The quantitative estimate of drug-likeness (QED) is 0.889. The number of aromatic nitrogens is 2. The van der Waals surface area contributed by atoms with Gasteiger partial charge in [0.05, 0.1) is 0 Å². The van der Waals surface area contributed by atoms with Crippen molar-refractivity contribution in [2.75, 3.05) is 11.9 Å². The van der Waals surface area contributed by atoms with Crippen LogP contribution in [0.3, 0.4) is 0 Å². The van der Waals surface area contributed by atoms with Gasteiger partial charge in [0.25, 0.3) is 0 Å².